The minimum absolute atomic E-state index is 1.26. The van der Waals surface area contributed by atoms with E-state index in [1.54, 1.807) is 0 Å². The Morgan fingerprint density at radius 3 is 1.54 bits per heavy atom. The fraction of sp³-hybridized carbons (Fsp3) is 0.0286. The Kier molecular flexibility index (Phi) is 4.47. The van der Waals surface area contributed by atoms with Gasteiger partial charge in [0.05, 0.1) is 0 Å². The lowest BCUT2D eigenvalue weighted by molar-refractivity contribution is 1.49. The Hall–Kier alpha value is -4.42. The molecule has 0 spiro atoms. The molecule has 35 heavy (non-hydrogen) atoms. The van der Waals surface area contributed by atoms with Gasteiger partial charge in [-0.25, -0.2) is 0 Å². The maximum atomic E-state index is 2.35. The van der Waals surface area contributed by atoms with E-state index in [0.29, 0.717) is 0 Å². The van der Waals surface area contributed by atoms with E-state index < -0.39 is 0 Å². The maximum Gasteiger partial charge on any atom is -0.00177 e. The van der Waals surface area contributed by atoms with Gasteiger partial charge in [0.1, 0.15) is 0 Å². The average molecular weight is 445 g/mol. The molecule has 0 saturated carbocycles. The Morgan fingerprint density at radius 2 is 0.886 bits per heavy atom. The van der Waals surface area contributed by atoms with Gasteiger partial charge >= 0.3 is 0 Å². The summed E-state index contributed by atoms with van der Waals surface area (Å²) < 4.78 is 0. The largest absolute Gasteiger partial charge is 0.0616 e. The van der Waals surface area contributed by atoms with Crippen LogP contribution in [-0.4, -0.2) is 0 Å². The lowest BCUT2D eigenvalue weighted by Crippen LogP contribution is -1.92. The van der Waals surface area contributed by atoms with Crippen LogP contribution in [0.4, 0.5) is 0 Å². The second kappa shape index (κ2) is 7.82. The lowest BCUT2D eigenvalue weighted by atomic mass is 9.85. The molecule has 7 aromatic carbocycles. The lowest BCUT2D eigenvalue weighted by Gasteiger charge is -2.18. The van der Waals surface area contributed by atoms with E-state index >= 15 is 0 Å². The zero-order valence-electron chi connectivity index (χ0n) is 19.6. The van der Waals surface area contributed by atoms with E-state index in [4.69, 9.17) is 0 Å². The molecule has 0 radical (unpaired) electrons. The van der Waals surface area contributed by atoms with Gasteiger partial charge in [-0.05, 0) is 96.0 Å². The molecule has 7 aromatic rings. The van der Waals surface area contributed by atoms with Crippen LogP contribution in [0.3, 0.4) is 0 Å². The van der Waals surface area contributed by atoms with Crippen molar-refractivity contribution in [2.45, 2.75) is 6.92 Å². The molecule has 0 nitrogen and oxygen atoms in total. The molecule has 0 amide bonds. The van der Waals surface area contributed by atoms with Crippen molar-refractivity contribution < 1.29 is 0 Å². The minimum atomic E-state index is 1.26. The molecule has 0 atom stereocenters. The van der Waals surface area contributed by atoms with Crippen molar-refractivity contribution in [1.29, 1.82) is 0 Å². The smallest absolute Gasteiger partial charge is 0.00177 e. The predicted octanol–water partition coefficient (Wildman–Crippen LogP) is 9.94. The van der Waals surface area contributed by atoms with Crippen molar-refractivity contribution in [3.8, 4) is 22.3 Å². The molecule has 164 valence electrons. The normalized spacial score (nSPS) is 11.6. The second-order valence-electron chi connectivity index (χ2n) is 9.45. The topological polar surface area (TPSA) is 0 Å². The van der Waals surface area contributed by atoms with Crippen LogP contribution in [0.15, 0.2) is 127 Å². The van der Waals surface area contributed by atoms with Gasteiger partial charge in [-0.15, -0.1) is 0 Å². The summed E-state index contributed by atoms with van der Waals surface area (Å²) in [6.07, 6.45) is 0. The third kappa shape index (κ3) is 3.22. The summed E-state index contributed by atoms with van der Waals surface area (Å²) in [7, 11) is 0. The van der Waals surface area contributed by atoms with Gasteiger partial charge in [0.25, 0.3) is 0 Å². The van der Waals surface area contributed by atoms with Crippen molar-refractivity contribution in [3.63, 3.8) is 0 Å². The number of benzene rings is 7. The summed E-state index contributed by atoms with van der Waals surface area (Å²) in [6, 6.07) is 46.7. The van der Waals surface area contributed by atoms with Crippen molar-refractivity contribution in [2.24, 2.45) is 0 Å². The van der Waals surface area contributed by atoms with Crippen molar-refractivity contribution >= 4 is 43.1 Å². The highest BCUT2D eigenvalue weighted by molar-refractivity contribution is 6.18. The van der Waals surface area contributed by atoms with E-state index in [-0.39, 0.29) is 0 Å². The number of rotatable bonds is 2. The zero-order valence-corrected chi connectivity index (χ0v) is 19.6. The molecule has 0 saturated heterocycles. The predicted molar refractivity (Wildman–Crippen MR) is 152 cm³/mol. The quantitative estimate of drug-likeness (QED) is 0.233. The molecule has 0 aliphatic rings. The summed E-state index contributed by atoms with van der Waals surface area (Å²) in [5, 5.41) is 10.3. The molecule has 0 bridgehead atoms. The first kappa shape index (κ1) is 20.0. The second-order valence-corrected chi connectivity index (χ2v) is 9.45. The van der Waals surface area contributed by atoms with Crippen molar-refractivity contribution in [2.75, 3.05) is 0 Å². The first-order chi connectivity index (χ1) is 17.3. The molecule has 0 N–H and O–H groups in total. The number of fused-ring (bicyclic) bond motifs is 4. The Bertz CT molecular complexity index is 1910. The van der Waals surface area contributed by atoms with Gasteiger partial charge in [0.15, 0.2) is 0 Å². The van der Waals surface area contributed by atoms with Crippen LogP contribution < -0.4 is 0 Å². The molecule has 0 aromatic heterocycles. The van der Waals surface area contributed by atoms with Gasteiger partial charge in [-0.2, -0.15) is 0 Å². The highest BCUT2D eigenvalue weighted by Crippen LogP contribution is 2.43. The third-order valence-electron chi connectivity index (χ3n) is 7.31. The highest BCUT2D eigenvalue weighted by Gasteiger charge is 2.17. The Balaban J connectivity index is 1.64. The molecule has 0 aliphatic heterocycles. The van der Waals surface area contributed by atoms with Crippen molar-refractivity contribution in [1.82, 2.24) is 0 Å². The monoisotopic (exact) mass is 444 g/mol. The first-order valence-corrected chi connectivity index (χ1v) is 12.2. The maximum absolute atomic E-state index is 2.35. The molecule has 0 aliphatic carbocycles. The summed E-state index contributed by atoms with van der Waals surface area (Å²) in [5.74, 6) is 0. The standard InChI is InChI=1S/C35H24/c1-23-14-15-31-22-28-12-6-7-13-32(28)34(30-19-17-25-9-3-5-11-27(25)21-30)35(31)33(23)29-18-16-24-8-2-4-10-26(24)20-29/h2-22H,1H3. The van der Waals surface area contributed by atoms with E-state index in [9.17, 15) is 0 Å². The van der Waals surface area contributed by atoms with E-state index in [0.717, 1.165) is 0 Å². The zero-order chi connectivity index (χ0) is 23.4. The summed E-state index contributed by atoms with van der Waals surface area (Å²) in [6.45, 7) is 2.24. The first-order valence-electron chi connectivity index (χ1n) is 12.2. The minimum Gasteiger partial charge on any atom is -0.0616 e. The SMILES string of the molecule is Cc1ccc2cc3ccccc3c(-c3ccc4ccccc4c3)c2c1-c1ccc2ccccc2c1. The molecular weight excluding hydrogens is 420 g/mol. The van der Waals surface area contributed by atoms with E-state index in [2.05, 4.69) is 134 Å². The van der Waals surface area contributed by atoms with Gasteiger partial charge < -0.3 is 0 Å². The van der Waals surface area contributed by atoms with Crippen LogP contribution in [0.5, 0.6) is 0 Å². The van der Waals surface area contributed by atoms with Gasteiger partial charge in [-0.3, -0.25) is 0 Å². The summed E-state index contributed by atoms with van der Waals surface area (Å²) in [5.41, 5.74) is 6.46. The van der Waals surface area contributed by atoms with Crippen LogP contribution in [0.2, 0.25) is 0 Å². The summed E-state index contributed by atoms with van der Waals surface area (Å²) in [4.78, 5) is 0. The molecule has 0 fully saturated rings. The van der Waals surface area contributed by atoms with Crippen molar-refractivity contribution in [3.05, 3.63) is 133 Å². The van der Waals surface area contributed by atoms with Gasteiger partial charge in [0.2, 0.25) is 0 Å². The fourth-order valence-corrected chi connectivity index (χ4v) is 5.63. The Labute approximate surface area is 205 Å². The van der Waals surface area contributed by atoms with Crippen LogP contribution in [0.1, 0.15) is 5.56 Å². The van der Waals surface area contributed by atoms with E-state index in [1.807, 2.05) is 0 Å². The van der Waals surface area contributed by atoms with Gasteiger partial charge in [-0.1, -0.05) is 109 Å². The number of hydrogen-bond donors (Lipinski definition) is 0. The average Bonchev–Trinajstić information content (AvgIpc) is 2.91. The molecule has 0 heterocycles. The number of hydrogen-bond acceptors (Lipinski definition) is 0. The summed E-state index contributed by atoms with van der Waals surface area (Å²) >= 11 is 0. The number of aryl methyl sites for hydroxylation is 1. The van der Waals surface area contributed by atoms with Gasteiger partial charge in [0, 0.05) is 0 Å². The molecule has 0 heteroatoms. The molecule has 7 rings (SSSR count). The van der Waals surface area contributed by atoms with Crippen LogP contribution in [-0.2, 0) is 0 Å². The van der Waals surface area contributed by atoms with Crippen LogP contribution in [0.25, 0.3) is 65.3 Å². The molecular formula is C35H24. The third-order valence-corrected chi connectivity index (χ3v) is 7.31. The Morgan fingerprint density at radius 1 is 0.371 bits per heavy atom. The van der Waals surface area contributed by atoms with E-state index in [1.165, 1.54) is 70.9 Å². The van der Waals surface area contributed by atoms with Crippen LogP contribution in [0, 0.1) is 6.92 Å². The fourth-order valence-electron chi connectivity index (χ4n) is 5.63. The molecule has 0 unspecified atom stereocenters. The highest BCUT2D eigenvalue weighted by atomic mass is 14.2. The van der Waals surface area contributed by atoms with Crippen LogP contribution >= 0.6 is 0 Å².